The van der Waals surface area contributed by atoms with Gasteiger partial charge in [-0.2, -0.15) is 11.8 Å². The second-order valence-corrected chi connectivity index (χ2v) is 7.78. The molecule has 1 saturated heterocycles. The number of hydrogen-bond donors (Lipinski definition) is 1. The van der Waals surface area contributed by atoms with Gasteiger partial charge in [-0.15, -0.1) is 0 Å². The standard InChI is InChI=1S/C18H25N3O4S/c1-25-6-5-17(23)20-8-12-7-13(10-20)15-4-3-14(18(24)21(15)9-12)19-16(22)11-26-2/h3-4,12-13H,5-11H2,1-2H3,(H,19,22)/t12-,13+/m0/s1. The van der Waals surface area contributed by atoms with E-state index in [0.717, 1.165) is 12.1 Å². The Balaban J connectivity index is 1.79. The molecule has 2 aliphatic rings. The summed E-state index contributed by atoms with van der Waals surface area (Å²) in [5.41, 5.74) is 1.14. The van der Waals surface area contributed by atoms with Crippen LogP contribution in [0.2, 0.25) is 0 Å². The molecule has 0 radical (unpaired) electrons. The van der Waals surface area contributed by atoms with Crippen LogP contribution in [0.3, 0.4) is 0 Å². The third kappa shape index (κ3) is 3.96. The molecule has 26 heavy (non-hydrogen) atoms. The van der Waals surface area contributed by atoms with E-state index in [1.807, 2.05) is 17.2 Å². The Hall–Kier alpha value is -1.80. The first-order chi connectivity index (χ1) is 12.5. The molecule has 3 rings (SSSR count). The van der Waals surface area contributed by atoms with E-state index in [0.29, 0.717) is 44.1 Å². The number of pyridine rings is 1. The number of carbonyl (C=O) groups is 2. The van der Waals surface area contributed by atoms with Crippen LogP contribution < -0.4 is 10.9 Å². The van der Waals surface area contributed by atoms with Gasteiger partial charge in [0.05, 0.1) is 18.8 Å². The Labute approximate surface area is 157 Å². The highest BCUT2D eigenvalue weighted by Gasteiger charge is 2.36. The quantitative estimate of drug-likeness (QED) is 0.801. The Morgan fingerprint density at radius 1 is 1.31 bits per heavy atom. The first-order valence-corrected chi connectivity index (χ1v) is 10.2. The summed E-state index contributed by atoms with van der Waals surface area (Å²) in [4.78, 5) is 38.8. The smallest absolute Gasteiger partial charge is 0.274 e. The van der Waals surface area contributed by atoms with E-state index in [1.54, 1.807) is 17.7 Å². The highest BCUT2D eigenvalue weighted by Crippen LogP contribution is 2.35. The minimum atomic E-state index is -0.166. The summed E-state index contributed by atoms with van der Waals surface area (Å²) in [6, 6.07) is 3.61. The van der Waals surface area contributed by atoms with Gasteiger partial charge < -0.3 is 19.5 Å². The molecule has 2 bridgehead atoms. The van der Waals surface area contributed by atoms with Crippen LogP contribution in [0.15, 0.2) is 16.9 Å². The number of rotatable bonds is 6. The molecule has 0 saturated carbocycles. The van der Waals surface area contributed by atoms with E-state index in [9.17, 15) is 14.4 Å². The lowest BCUT2D eigenvalue weighted by Crippen LogP contribution is -2.49. The number of carbonyl (C=O) groups excluding carboxylic acids is 2. The van der Waals surface area contributed by atoms with Gasteiger partial charge in [0.1, 0.15) is 5.69 Å². The summed E-state index contributed by atoms with van der Waals surface area (Å²) in [5.74, 6) is 0.699. The van der Waals surface area contributed by atoms with Crippen molar-refractivity contribution < 1.29 is 14.3 Å². The number of hydrogen-bond acceptors (Lipinski definition) is 5. The topological polar surface area (TPSA) is 80.6 Å². The first kappa shape index (κ1) is 19.0. The number of methoxy groups -OCH3 is 1. The van der Waals surface area contributed by atoms with Crippen molar-refractivity contribution in [3.8, 4) is 0 Å². The highest BCUT2D eigenvalue weighted by atomic mass is 32.2. The Kier molecular flexibility index (Phi) is 6.03. The third-order valence-electron chi connectivity index (χ3n) is 5.03. The zero-order chi connectivity index (χ0) is 18.7. The molecule has 0 unspecified atom stereocenters. The molecule has 0 aliphatic carbocycles. The molecule has 1 fully saturated rings. The van der Waals surface area contributed by atoms with Gasteiger partial charge in [-0.25, -0.2) is 0 Å². The number of aromatic nitrogens is 1. The van der Waals surface area contributed by atoms with Crippen molar-refractivity contribution in [2.24, 2.45) is 5.92 Å². The normalized spacial score (nSPS) is 21.2. The second kappa shape index (κ2) is 8.26. The number of nitrogens with one attached hydrogen (secondary N) is 1. The number of thioether (sulfide) groups is 1. The molecule has 1 aromatic heterocycles. The van der Waals surface area contributed by atoms with Crippen LogP contribution in [0.4, 0.5) is 5.69 Å². The highest BCUT2D eigenvalue weighted by molar-refractivity contribution is 7.99. The molecular weight excluding hydrogens is 354 g/mol. The van der Waals surface area contributed by atoms with Crippen LogP contribution in [0.5, 0.6) is 0 Å². The van der Waals surface area contributed by atoms with Crippen molar-refractivity contribution in [3.05, 3.63) is 28.2 Å². The molecule has 7 nitrogen and oxygen atoms in total. The van der Waals surface area contributed by atoms with Gasteiger partial charge >= 0.3 is 0 Å². The van der Waals surface area contributed by atoms with Crippen LogP contribution in [0.25, 0.3) is 0 Å². The number of piperidine rings is 1. The molecule has 1 aromatic rings. The van der Waals surface area contributed by atoms with E-state index in [2.05, 4.69) is 5.32 Å². The predicted molar refractivity (Wildman–Crippen MR) is 102 cm³/mol. The van der Waals surface area contributed by atoms with Crippen molar-refractivity contribution in [1.82, 2.24) is 9.47 Å². The van der Waals surface area contributed by atoms with Crippen LogP contribution in [0.1, 0.15) is 24.5 Å². The van der Waals surface area contributed by atoms with Crippen LogP contribution in [0, 0.1) is 5.92 Å². The first-order valence-electron chi connectivity index (χ1n) is 8.82. The van der Waals surface area contributed by atoms with Crippen molar-refractivity contribution in [2.45, 2.75) is 25.3 Å². The third-order valence-corrected chi connectivity index (χ3v) is 5.58. The molecule has 1 N–H and O–H groups in total. The maximum atomic E-state index is 12.8. The van der Waals surface area contributed by atoms with Gasteiger partial charge in [0.2, 0.25) is 11.8 Å². The summed E-state index contributed by atoms with van der Waals surface area (Å²) in [6.07, 6.45) is 3.23. The number of amides is 2. The number of anilines is 1. The maximum absolute atomic E-state index is 12.8. The fourth-order valence-electron chi connectivity index (χ4n) is 3.91. The van der Waals surface area contributed by atoms with Gasteiger partial charge in [-0.3, -0.25) is 14.4 Å². The number of fused-ring (bicyclic) bond motifs is 4. The SMILES string of the molecule is COCCC(=O)N1C[C@@H]2C[C@H](C1)c1ccc(NC(=O)CSC)c(=O)n1C2. The van der Waals surface area contributed by atoms with Gasteiger partial charge in [0.15, 0.2) is 0 Å². The summed E-state index contributed by atoms with van der Waals surface area (Å²) in [6.45, 7) is 2.33. The monoisotopic (exact) mass is 379 g/mol. The van der Waals surface area contributed by atoms with E-state index in [-0.39, 0.29) is 29.2 Å². The average Bonchev–Trinajstić information content (AvgIpc) is 2.62. The van der Waals surface area contributed by atoms with Crippen LogP contribution >= 0.6 is 11.8 Å². The lowest BCUT2D eigenvalue weighted by Gasteiger charge is -2.43. The second-order valence-electron chi connectivity index (χ2n) is 6.91. The van der Waals surface area contributed by atoms with E-state index < -0.39 is 0 Å². The van der Waals surface area contributed by atoms with Crippen molar-refractivity contribution >= 4 is 29.3 Å². The Morgan fingerprint density at radius 2 is 2.12 bits per heavy atom. The van der Waals surface area contributed by atoms with Gasteiger partial charge in [-0.05, 0) is 30.7 Å². The Morgan fingerprint density at radius 3 is 2.85 bits per heavy atom. The predicted octanol–water partition coefficient (Wildman–Crippen LogP) is 1.13. The minimum absolute atomic E-state index is 0.110. The van der Waals surface area contributed by atoms with Crippen molar-refractivity contribution in [3.63, 3.8) is 0 Å². The van der Waals surface area contributed by atoms with Gasteiger partial charge in [-0.1, -0.05) is 0 Å². The summed E-state index contributed by atoms with van der Waals surface area (Å²) >= 11 is 1.42. The summed E-state index contributed by atoms with van der Waals surface area (Å²) < 4.78 is 6.78. The van der Waals surface area contributed by atoms with Gasteiger partial charge in [0, 0.05) is 38.4 Å². The number of nitrogens with zero attached hydrogens (tertiary/aromatic N) is 2. The lowest BCUT2D eigenvalue weighted by molar-refractivity contribution is -0.134. The number of likely N-dealkylation sites (tertiary alicyclic amines) is 1. The van der Waals surface area contributed by atoms with E-state index >= 15 is 0 Å². The van der Waals surface area contributed by atoms with Crippen molar-refractivity contribution in [1.29, 1.82) is 0 Å². The average molecular weight is 379 g/mol. The van der Waals surface area contributed by atoms with Crippen LogP contribution in [-0.2, 0) is 20.9 Å². The van der Waals surface area contributed by atoms with E-state index in [1.165, 1.54) is 11.8 Å². The molecule has 0 spiro atoms. The molecule has 3 heterocycles. The maximum Gasteiger partial charge on any atom is 0.274 e. The minimum Gasteiger partial charge on any atom is -0.384 e. The van der Waals surface area contributed by atoms with Gasteiger partial charge in [0.25, 0.3) is 5.56 Å². The number of ether oxygens (including phenoxy) is 1. The zero-order valence-electron chi connectivity index (χ0n) is 15.2. The van der Waals surface area contributed by atoms with Crippen LogP contribution in [-0.4, -0.2) is 60.1 Å². The largest absolute Gasteiger partial charge is 0.384 e. The summed E-state index contributed by atoms with van der Waals surface area (Å²) in [5, 5.41) is 2.71. The zero-order valence-corrected chi connectivity index (χ0v) is 16.0. The molecule has 142 valence electrons. The molecule has 0 aromatic carbocycles. The molecule has 8 heteroatoms. The summed E-state index contributed by atoms with van der Waals surface area (Å²) in [7, 11) is 1.59. The Bertz CT molecular complexity index is 748. The molecular formula is C18H25N3O4S. The molecule has 2 atom stereocenters. The van der Waals surface area contributed by atoms with E-state index in [4.69, 9.17) is 4.74 Å². The lowest BCUT2D eigenvalue weighted by atomic mass is 9.83. The van der Waals surface area contributed by atoms with Crippen molar-refractivity contribution in [2.75, 3.05) is 44.1 Å². The fourth-order valence-corrected chi connectivity index (χ4v) is 4.24. The molecule has 2 aliphatic heterocycles. The fraction of sp³-hybridized carbons (Fsp3) is 0.611. The molecule has 2 amide bonds.